The van der Waals surface area contributed by atoms with Gasteiger partial charge in [-0.25, -0.2) is 0 Å². The fourth-order valence-electron chi connectivity index (χ4n) is 2.36. The summed E-state index contributed by atoms with van der Waals surface area (Å²) in [5.41, 5.74) is -0.660. The molecule has 1 aliphatic rings. The van der Waals surface area contributed by atoms with Crippen LogP contribution in [-0.2, 0) is 4.74 Å². The summed E-state index contributed by atoms with van der Waals surface area (Å²) >= 11 is 0. The molecule has 3 heteroatoms. The third-order valence-electron chi connectivity index (χ3n) is 3.34. The van der Waals surface area contributed by atoms with Gasteiger partial charge in [-0.3, -0.25) is 0 Å². The van der Waals surface area contributed by atoms with Crippen LogP contribution in [0.25, 0.3) is 0 Å². The Balaban J connectivity index is 2.68. The maximum absolute atomic E-state index is 10.2. The van der Waals surface area contributed by atoms with E-state index in [1.165, 1.54) is 0 Å². The van der Waals surface area contributed by atoms with Crippen LogP contribution in [-0.4, -0.2) is 24.4 Å². The maximum Gasteiger partial charge on any atom is 0.107 e. The van der Waals surface area contributed by atoms with Crippen LogP contribution in [0.5, 0.6) is 0 Å². The molecule has 3 nitrogen and oxygen atoms in total. The molecule has 1 heterocycles. The molecule has 1 rings (SSSR count). The molecule has 0 aromatic heterocycles. The summed E-state index contributed by atoms with van der Waals surface area (Å²) in [5, 5.41) is 19.5. The number of ether oxygens (including phenoxy) is 1. The average molecular weight is 211 g/mol. The van der Waals surface area contributed by atoms with Gasteiger partial charge in [0.15, 0.2) is 0 Å². The van der Waals surface area contributed by atoms with Gasteiger partial charge in [0.2, 0.25) is 0 Å². The zero-order chi connectivity index (χ0) is 11.3. The molecule has 1 N–H and O–H groups in total. The van der Waals surface area contributed by atoms with E-state index in [1.54, 1.807) is 0 Å². The molecule has 86 valence electrons. The maximum atomic E-state index is 10.2. The summed E-state index contributed by atoms with van der Waals surface area (Å²) in [4.78, 5) is 0. The highest BCUT2D eigenvalue weighted by atomic mass is 16.5. The topological polar surface area (TPSA) is 53.2 Å². The molecule has 0 amide bonds. The fraction of sp³-hybridized carbons (Fsp3) is 0.917. The molecule has 15 heavy (non-hydrogen) atoms. The quantitative estimate of drug-likeness (QED) is 0.774. The molecular formula is C12H21NO2. The largest absolute Gasteiger partial charge is 0.391 e. The van der Waals surface area contributed by atoms with Crippen molar-refractivity contribution in [3.8, 4) is 6.07 Å². The molecule has 3 atom stereocenters. The zero-order valence-corrected chi connectivity index (χ0v) is 9.70. The molecule has 0 aromatic rings. The van der Waals surface area contributed by atoms with Gasteiger partial charge in [0, 0.05) is 6.61 Å². The van der Waals surface area contributed by atoms with E-state index in [1.807, 2.05) is 6.92 Å². The van der Waals surface area contributed by atoms with Crippen molar-refractivity contribution < 1.29 is 9.84 Å². The first kappa shape index (κ1) is 12.5. The standard InChI is InChI=1S/C12H21NO2/c1-3-5-10(2)11(14)12(8-13)6-4-7-15-9-12/h10-11,14H,3-7,9H2,1-2H3. The Morgan fingerprint density at radius 3 is 2.80 bits per heavy atom. The molecule has 0 aliphatic carbocycles. The molecule has 0 bridgehead atoms. The van der Waals surface area contributed by atoms with Gasteiger partial charge in [-0.15, -0.1) is 0 Å². The van der Waals surface area contributed by atoms with Crippen molar-refractivity contribution in [3.05, 3.63) is 0 Å². The smallest absolute Gasteiger partial charge is 0.107 e. The predicted octanol–water partition coefficient (Wildman–Crippen LogP) is 2.10. The van der Waals surface area contributed by atoms with Crippen LogP contribution >= 0.6 is 0 Å². The molecule has 0 saturated carbocycles. The van der Waals surface area contributed by atoms with Crippen LogP contribution < -0.4 is 0 Å². The lowest BCUT2D eigenvalue weighted by Gasteiger charge is -2.37. The first-order valence-electron chi connectivity index (χ1n) is 5.83. The van der Waals surface area contributed by atoms with Gasteiger partial charge in [0.05, 0.1) is 18.8 Å². The van der Waals surface area contributed by atoms with E-state index in [0.29, 0.717) is 6.61 Å². The van der Waals surface area contributed by atoms with Crippen molar-refractivity contribution in [1.29, 1.82) is 5.26 Å². The Labute approximate surface area is 92.0 Å². The second-order valence-electron chi connectivity index (χ2n) is 4.63. The molecule has 1 saturated heterocycles. The minimum absolute atomic E-state index is 0.177. The van der Waals surface area contributed by atoms with E-state index in [0.717, 1.165) is 32.3 Å². The molecule has 1 aliphatic heterocycles. The second kappa shape index (κ2) is 5.48. The van der Waals surface area contributed by atoms with Gasteiger partial charge in [0.1, 0.15) is 5.41 Å². The van der Waals surface area contributed by atoms with Gasteiger partial charge in [-0.2, -0.15) is 5.26 Å². The monoisotopic (exact) mass is 211 g/mol. The Morgan fingerprint density at radius 1 is 1.60 bits per heavy atom. The molecule has 3 unspecified atom stereocenters. The van der Waals surface area contributed by atoms with Crippen molar-refractivity contribution >= 4 is 0 Å². The number of nitriles is 1. The zero-order valence-electron chi connectivity index (χ0n) is 9.70. The third kappa shape index (κ3) is 2.70. The fourth-order valence-corrected chi connectivity index (χ4v) is 2.36. The molecule has 0 radical (unpaired) electrons. The van der Waals surface area contributed by atoms with Gasteiger partial charge >= 0.3 is 0 Å². The van der Waals surface area contributed by atoms with Crippen molar-refractivity contribution in [2.24, 2.45) is 11.3 Å². The first-order chi connectivity index (χ1) is 7.16. The van der Waals surface area contributed by atoms with Crippen LogP contribution in [0.1, 0.15) is 39.5 Å². The van der Waals surface area contributed by atoms with E-state index >= 15 is 0 Å². The highest BCUT2D eigenvalue weighted by Crippen LogP contribution is 2.36. The van der Waals surface area contributed by atoms with Crippen LogP contribution in [0.2, 0.25) is 0 Å². The Hall–Kier alpha value is -0.590. The predicted molar refractivity (Wildman–Crippen MR) is 58.2 cm³/mol. The van der Waals surface area contributed by atoms with E-state index in [9.17, 15) is 10.4 Å². The number of aliphatic hydroxyl groups excluding tert-OH is 1. The number of hydrogen-bond donors (Lipinski definition) is 1. The van der Waals surface area contributed by atoms with E-state index in [-0.39, 0.29) is 5.92 Å². The van der Waals surface area contributed by atoms with Gasteiger partial charge in [0.25, 0.3) is 0 Å². The minimum Gasteiger partial charge on any atom is -0.391 e. The Bertz CT molecular complexity index is 228. The highest BCUT2D eigenvalue weighted by molar-refractivity contribution is 5.06. The first-order valence-corrected chi connectivity index (χ1v) is 5.83. The van der Waals surface area contributed by atoms with Crippen LogP contribution in [0, 0.1) is 22.7 Å². The number of hydrogen-bond acceptors (Lipinski definition) is 3. The molecule has 1 fully saturated rings. The van der Waals surface area contributed by atoms with Gasteiger partial charge in [-0.05, 0) is 25.2 Å². The summed E-state index contributed by atoms with van der Waals surface area (Å²) in [5.74, 6) is 0.177. The lowest BCUT2D eigenvalue weighted by Crippen LogP contribution is -2.44. The Kier molecular flexibility index (Phi) is 4.56. The van der Waals surface area contributed by atoms with E-state index < -0.39 is 11.5 Å². The lowest BCUT2D eigenvalue weighted by molar-refractivity contribution is -0.0701. The number of aliphatic hydroxyl groups is 1. The second-order valence-corrected chi connectivity index (χ2v) is 4.63. The number of rotatable bonds is 4. The summed E-state index contributed by atoms with van der Waals surface area (Å²) in [6, 6.07) is 2.28. The van der Waals surface area contributed by atoms with Crippen LogP contribution in [0.15, 0.2) is 0 Å². The van der Waals surface area contributed by atoms with Crippen molar-refractivity contribution in [1.82, 2.24) is 0 Å². The third-order valence-corrected chi connectivity index (χ3v) is 3.34. The summed E-state index contributed by atoms with van der Waals surface area (Å²) in [6.45, 7) is 5.22. The van der Waals surface area contributed by atoms with Crippen molar-refractivity contribution in [2.45, 2.75) is 45.6 Å². The molecular weight excluding hydrogens is 190 g/mol. The van der Waals surface area contributed by atoms with Crippen LogP contribution in [0.3, 0.4) is 0 Å². The van der Waals surface area contributed by atoms with E-state index in [4.69, 9.17) is 4.74 Å². The minimum atomic E-state index is -0.660. The summed E-state index contributed by atoms with van der Waals surface area (Å²) < 4.78 is 5.34. The highest BCUT2D eigenvalue weighted by Gasteiger charge is 2.42. The average Bonchev–Trinajstić information content (AvgIpc) is 2.29. The van der Waals surface area contributed by atoms with Crippen LogP contribution in [0.4, 0.5) is 0 Å². The van der Waals surface area contributed by atoms with Crippen molar-refractivity contribution in [2.75, 3.05) is 13.2 Å². The lowest BCUT2D eigenvalue weighted by atomic mass is 9.73. The number of nitrogens with zero attached hydrogens (tertiary/aromatic N) is 1. The summed E-state index contributed by atoms with van der Waals surface area (Å²) in [6.07, 6.45) is 3.09. The van der Waals surface area contributed by atoms with Gasteiger partial charge < -0.3 is 9.84 Å². The van der Waals surface area contributed by atoms with Gasteiger partial charge in [-0.1, -0.05) is 20.3 Å². The Morgan fingerprint density at radius 2 is 2.33 bits per heavy atom. The molecule has 0 spiro atoms. The van der Waals surface area contributed by atoms with Crippen molar-refractivity contribution in [3.63, 3.8) is 0 Å². The SMILES string of the molecule is CCCC(C)C(O)C1(C#N)CCCOC1. The molecule has 0 aromatic carbocycles. The summed E-state index contributed by atoms with van der Waals surface area (Å²) in [7, 11) is 0. The normalized spacial score (nSPS) is 30.5. The van der Waals surface area contributed by atoms with E-state index in [2.05, 4.69) is 13.0 Å².